The number of hydrogen-bond acceptors (Lipinski definition) is 4. The Morgan fingerprint density at radius 3 is 2.54 bits per heavy atom. The van der Waals surface area contributed by atoms with Gasteiger partial charge in [0.1, 0.15) is 4.83 Å². The van der Waals surface area contributed by atoms with Gasteiger partial charge in [0.05, 0.1) is 4.11 Å². The van der Waals surface area contributed by atoms with Crippen molar-refractivity contribution in [3.05, 3.63) is 114 Å². The SMILES string of the molecule is [2H]C([2H])([2H])c1ccc(-c2[c-]cccc2)nc1.[2H]c1nc(-c2[c-]ccc3c2sc2nc(C([2H])([2H])[2H])ccc23)c([2H])c([2H])c1C([2H])([2H])[2H].[Ir]. The van der Waals surface area contributed by atoms with Crippen LogP contribution in [0.1, 0.15) is 33.3 Å². The van der Waals surface area contributed by atoms with E-state index in [1.807, 2.05) is 18.2 Å². The number of pyridine rings is 3. The van der Waals surface area contributed by atoms with Gasteiger partial charge in [0.25, 0.3) is 0 Å². The zero-order valence-corrected chi connectivity index (χ0v) is 21.1. The molecule has 6 aromatic rings. The number of nitrogens with zero attached hydrogens (tertiary/aromatic N) is 3. The molecule has 4 aromatic heterocycles. The minimum Gasteiger partial charge on any atom is -0.304 e. The van der Waals surface area contributed by atoms with E-state index >= 15 is 0 Å². The Morgan fingerprint density at radius 2 is 1.77 bits per heavy atom. The van der Waals surface area contributed by atoms with E-state index < -0.39 is 44.4 Å². The molecule has 5 heteroatoms. The molecule has 0 bridgehead atoms. The molecule has 0 atom stereocenters. The Bertz CT molecular complexity index is 2040. The summed E-state index contributed by atoms with van der Waals surface area (Å²) in [5.41, 5.74) is 1.57. The van der Waals surface area contributed by atoms with Crippen LogP contribution in [-0.4, -0.2) is 15.0 Å². The van der Waals surface area contributed by atoms with Gasteiger partial charge in [0, 0.05) is 50.5 Å². The van der Waals surface area contributed by atoms with E-state index in [2.05, 4.69) is 27.1 Å². The predicted molar refractivity (Wildman–Crippen MR) is 142 cm³/mol. The molecule has 0 unspecified atom stereocenters. The molecule has 0 aliphatic rings. The van der Waals surface area contributed by atoms with E-state index in [1.54, 1.807) is 36.4 Å². The number of aromatic nitrogens is 3. The Kier molecular flexibility index (Phi) is 4.32. The van der Waals surface area contributed by atoms with Crippen LogP contribution in [0.25, 0.3) is 42.8 Å². The zero-order chi connectivity index (χ0) is 33.6. The van der Waals surface area contributed by atoms with Gasteiger partial charge in [-0.05, 0) is 59.2 Å². The molecule has 1 radical (unpaired) electrons. The van der Waals surface area contributed by atoms with Crippen molar-refractivity contribution < 1.29 is 36.6 Å². The summed E-state index contributed by atoms with van der Waals surface area (Å²) in [6.45, 7) is -7.16. The van der Waals surface area contributed by atoms with Crippen LogP contribution < -0.4 is 0 Å². The number of fused-ring (bicyclic) bond motifs is 3. The van der Waals surface area contributed by atoms with Gasteiger partial charge in [0.2, 0.25) is 0 Å². The first kappa shape index (κ1) is 13.7. The second-order valence-electron chi connectivity index (χ2n) is 7.15. The fraction of sp³-hybridized carbons (Fsp3) is 0.100. The predicted octanol–water partition coefficient (Wildman–Crippen LogP) is 7.78. The van der Waals surface area contributed by atoms with Gasteiger partial charge in [-0.3, -0.25) is 0 Å². The van der Waals surface area contributed by atoms with E-state index in [0.29, 0.717) is 15.1 Å². The first-order valence-electron chi connectivity index (χ1n) is 16.1. The van der Waals surface area contributed by atoms with Crippen molar-refractivity contribution in [1.29, 1.82) is 0 Å². The third-order valence-corrected chi connectivity index (χ3v) is 6.00. The van der Waals surface area contributed by atoms with Crippen LogP contribution in [0.4, 0.5) is 0 Å². The molecule has 0 spiro atoms. The molecule has 0 amide bonds. The third-order valence-electron chi connectivity index (χ3n) is 4.87. The van der Waals surface area contributed by atoms with Crippen LogP contribution in [0.3, 0.4) is 0 Å². The molecule has 0 saturated carbocycles. The summed E-state index contributed by atoms with van der Waals surface area (Å²) in [6, 6.07) is 22.3. The van der Waals surface area contributed by atoms with Crippen molar-refractivity contribution in [2.24, 2.45) is 0 Å². The summed E-state index contributed by atoms with van der Waals surface area (Å²) < 4.78 is 91.9. The normalized spacial score (nSPS) is 16.6. The molecule has 175 valence electrons. The molecule has 2 aromatic carbocycles. The minimum atomic E-state index is -2.72. The Labute approximate surface area is 240 Å². The molecule has 35 heavy (non-hydrogen) atoms. The topological polar surface area (TPSA) is 38.7 Å². The van der Waals surface area contributed by atoms with E-state index in [-0.39, 0.29) is 37.1 Å². The summed E-state index contributed by atoms with van der Waals surface area (Å²) in [4.78, 5) is 12.9. The molecule has 0 N–H and O–H groups in total. The van der Waals surface area contributed by atoms with Crippen LogP contribution in [0.15, 0.2) is 85.1 Å². The Morgan fingerprint density at radius 1 is 0.829 bits per heavy atom. The van der Waals surface area contributed by atoms with Crippen molar-refractivity contribution >= 4 is 31.6 Å². The van der Waals surface area contributed by atoms with Gasteiger partial charge in [-0.1, -0.05) is 35.7 Å². The smallest absolute Gasteiger partial charge is 0.113 e. The number of rotatable bonds is 2. The quantitative estimate of drug-likeness (QED) is 0.178. The van der Waals surface area contributed by atoms with Crippen molar-refractivity contribution in [2.75, 3.05) is 0 Å². The number of benzene rings is 2. The van der Waals surface area contributed by atoms with Crippen molar-refractivity contribution in [1.82, 2.24) is 15.0 Å². The van der Waals surface area contributed by atoms with E-state index in [4.69, 9.17) is 16.4 Å². The molecule has 0 aliphatic carbocycles. The fourth-order valence-corrected chi connectivity index (χ4v) is 4.48. The fourth-order valence-electron chi connectivity index (χ4n) is 3.31. The maximum absolute atomic E-state index is 8.29. The van der Waals surface area contributed by atoms with Crippen LogP contribution in [-0.2, 0) is 20.1 Å². The first-order valence-corrected chi connectivity index (χ1v) is 10.9. The average Bonchev–Trinajstić information content (AvgIpc) is 3.37. The van der Waals surface area contributed by atoms with Gasteiger partial charge >= 0.3 is 0 Å². The van der Waals surface area contributed by atoms with Crippen molar-refractivity contribution in [3.63, 3.8) is 0 Å². The summed E-state index contributed by atoms with van der Waals surface area (Å²) >= 11 is 1.19. The maximum atomic E-state index is 8.29. The van der Waals surface area contributed by atoms with E-state index in [9.17, 15) is 0 Å². The standard InChI is InChI=1S/C18H13N2S.C12H10N.Ir/c1-11-6-9-16(19-10-11)15-5-3-4-13-14-8-7-12(2)20-18(14)21-17(13)15;1-10-7-8-12(13-9-10)11-5-3-2-4-6-11;/h3-4,6-10H,1-2H3;2-5,7-9H,1H3;/q2*-1;/i1D3,2D3,6D,9D,10D;1D3;. The van der Waals surface area contributed by atoms with Crippen molar-refractivity contribution in [2.45, 2.75) is 20.6 Å². The zero-order valence-electron chi connectivity index (χ0n) is 29.9. The molecule has 0 saturated heterocycles. The molecular weight excluding hydrogens is 627 g/mol. The molecule has 3 nitrogen and oxygen atoms in total. The third kappa shape index (κ3) is 5.54. The Hall–Kier alpha value is -3.24. The van der Waals surface area contributed by atoms with Crippen LogP contribution >= 0.6 is 11.3 Å². The maximum Gasteiger partial charge on any atom is 0.113 e. The van der Waals surface area contributed by atoms with Gasteiger partial charge in [-0.25, -0.2) is 4.98 Å². The number of thiophene rings is 1. The summed E-state index contributed by atoms with van der Waals surface area (Å²) in [5.74, 6) is 0. The van der Waals surface area contributed by atoms with Crippen LogP contribution in [0, 0.1) is 32.7 Å². The monoisotopic (exact) mass is 662 g/mol. The van der Waals surface area contributed by atoms with Gasteiger partial charge in [0.15, 0.2) is 0 Å². The van der Waals surface area contributed by atoms with Crippen LogP contribution in [0.5, 0.6) is 0 Å². The van der Waals surface area contributed by atoms with E-state index in [0.717, 1.165) is 22.0 Å². The summed E-state index contributed by atoms with van der Waals surface area (Å²) in [7, 11) is 0. The molecule has 0 aliphatic heterocycles. The Balaban J connectivity index is 0.000000249. The molecule has 4 heterocycles. The van der Waals surface area contributed by atoms with Gasteiger partial charge in [-0.15, -0.1) is 59.7 Å². The van der Waals surface area contributed by atoms with Crippen LogP contribution in [0.2, 0.25) is 0 Å². The van der Waals surface area contributed by atoms with Gasteiger partial charge < -0.3 is 9.97 Å². The largest absolute Gasteiger partial charge is 0.304 e. The average molecular weight is 662 g/mol. The van der Waals surface area contributed by atoms with Crippen molar-refractivity contribution in [3.8, 4) is 22.5 Å². The first-order chi connectivity index (χ1) is 21.5. The number of aryl methyl sites for hydroxylation is 2. The second kappa shape index (κ2) is 11.0. The molecule has 0 fully saturated rings. The second-order valence-corrected chi connectivity index (χ2v) is 8.15. The summed E-state index contributed by atoms with van der Waals surface area (Å²) in [6.07, 6.45) is 0.809. The number of hydrogen-bond donors (Lipinski definition) is 0. The minimum absolute atomic E-state index is 0. The molecule has 6 rings (SSSR count). The van der Waals surface area contributed by atoms with Gasteiger partial charge in [-0.2, -0.15) is 11.3 Å². The molecular formula is C30H23IrN3S-2. The van der Waals surface area contributed by atoms with E-state index in [1.165, 1.54) is 23.6 Å². The summed E-state index contributed by atoms with van der Waals surface area (Å²) in [5, 5.41) is 1.47.